The van der Waals surface area contributed by atoms with Crippen LogP contribution in [-0.2, 0) is 0 Å². The molecule has 1 atom stereocenters. The van der Waals surface area contributed by atoms with E-state index in [0.29, 0.717) is 11.1 Å². The molecule has 0 aliphatic rings. The van der Waals surface area contributed by atoms with Crippen LogP contribution >= 0.6 is 12.2 Å². The van der Waals surface area contributed by atoms with Gasteiger partial charge < -0.3 is 0 Å². The molecule has 3 heteroatoms. The summed E-state index contributed by atoms with van der Waals surface area (Å²) in [6.07, 6.45) is 3.87. The average Bonchev–Trinajstić information content (AvgIpc) is 2.40. The number of Topliss-reactive ketones (excluding diaryl/α,β-unsaturated/α-hetero) is 1. The Kier molecular flexibility index (Phi) is 6.16. The number of allylic oxidation sites excluding steroid dienone is 2. The van der Waals surface area contributed by atoms with E-state index in [2.05, 4.69) is 6.58 Å². The number of carbonyl (C=O) groups is 1. The minimum absolute atomic E-state index is 0.114. The van der Waals surface area contributed by atoms with Crippen molar-refractivity contribution in [2.75, 3.05) is 0 Å². The molecule has 0 spiro atoms. The normalized spacial score (nSPS) is 12.4. The van der Waals surface area contributed by atoms with Crippen molar-refractivity contribution in [2.45, 2.75) is 34.1 Å². The van der Waals surface area contributed by atoms with Crippen LogP contribution in [0.15, 0.2) is 30.4 Å². The number of ketones is 1. The molecule has 21 heavy (non-hydrogen) atoms. The van der Waals surface area contributed by atoms with Crippen molar-refractivity contribution in [1.82, 2.24) is 0 Å². The van der Waals surface area contributed by atoms with Crippen molar-refractivity contribution < 1.29 is 9.18 Å². The topological polar surface area (TPSA) is 17.1 Å². The van der Waals surface area contributed by atoms with Gasteiger partial charge in [0.25, 0.3) is 0 Å². The van der Waals surface area contributed by atoms with Crippen LogP contribution in [0.2, 0.25) is 0 Å². The molecule has 1 nitrogen and oxygen atoms in total. The SMILES string of the molecule is C=C(C)C(CC(=O)c1cc(F)c(C)c(/C=C/C)c1)C(C)=S. The van der Waals surface area contributed by atoms with Gasteiger partial charge in [0, 0.05) is 17.9 Å². The molecule has 0 aliphatic heterocycles. The zero-order valence-corrected chi connectivity index (χ0v) is 13.8. The highest BCUT2D eigenvalue weighted by Gasteiger charge is 2.19. The van der Waals surface area contributed by atoms with Crippen molar-refractivity contribution in [1.29, 1.82) is 0 Å². The van der Waals surface area contributed by atoms with Crippen molar-refractivity contribution in [3.8, 4) is 0 Å². The van der Waals surface area contributed by atoms with Gasteiger partial charge in [0.15, 0.2) is 5.78 Å². The summed E-state index contributed by atoms with van der Waals surface area (Å²) in [7, 11) is 0. The minimum Gasteiger partial charge on any atom is -0.294 e. The molecule has 112 valence electrons. The molecule has 0 aromatic heterocycles. The van der Waals surface area contributed by atoms with E-state index in [0.717, 1.165) is 16.0 Å². The van der Waals surface area contributed by atoms with Gasteiger partial charge in [-0.3, -0.25) is 4.79 Å². The quantitative estimate of drug-likeness (QED) is 0.402. The first-order chi connectivity index (χ1) is 9.77. The first-order valence-corrected chi connectivity index (χ1v) is 7.30. The predicted octanol–water partition coefficient (Wildman–Crippen LogP) is 5.32. The molecule has 0 amide bonds. The Labute approximate surface area is 131 Å². The number of carbonyl (C=O) groups excluding carboxylic acids is 1. The molecule has 0 saturated carbocycles. The Morgan fingerprint density at radius 2 is 2.05 bits per heavy atom. The van der Waals surface area contributed by atoms with Crippen LogP contribution < -0.4 is 0 Å². The third-order valence-corrected chi connectivity index (χ3v) is 3.81. The zero-order valence-electron chi connectivity index (χ0n) is 13.0. The fourth-order valence-corrected chi connectivity index (χ4v) is 2.47. The molecule has 1 rings (SSSR count). The summed E-state index contributed by atoms with van der Waals surface area (Å²) in [6, 6.07) is 3.04. The fraction of sp³-hybridized carbons (Fsp3) is 0.333. The highest BCUT2D eigenvalue weighted by Crippen LogP contribution is 2.22. The smallest absolute Gasteiger partial charge is 0.163 e. The Bertz CT molecular complexity index is 600. The van der Waals surface area contributed by atoms with Crippen LogP contribution in [-0.4, -0.2) is 10.6 Å². The van der Waals surface area contributed by atoms with E-state index in [9.17, 15) is 9.18 Å². The van der Waals surface area contributed by atoms with E-state index in [1.807, 2.05) is 26.8 Å². The third-order valence-electron chi connectivity index (χ3n) is 3.53. The Morgan fingerprint density at radius 1 is 1.43 bits per heavy atom. The molecule has 1 unspecified atom stereocenters. The van der Waals surface area contributed by atoms with Crippen LogP contribution in [0.3, 0.4) is 0 Å². The van der Waals surface area contributed by atoms with Gasteiger partial charge in [-0.05, 0) is 55.8 Å². The van der Waals surface area contributed by atoms with Gasteiger partial charge in [0.2, 0.25) is 0 Å². The largest absolute Gasteiger partial charge is 0.294 e. The third kappa shape index (κ3) is 4.43. The van der Waals surface area contributed by atoms with E-state index in [1.54, 1.807) is 19.1 Å². The van der Waals surface area contributed by atoms with Crippen molar-refractivity contribution in [2.24, 2.45) is 5.92 Å². The van der Waals surface area contributed by atoms with Crippen LogP contribution in [0, 0.1) is 18.7 Å². The first-order valence-electron chi connectivity index (χ1n) is 6.89. The first kappa shape index (κ1) is 17.4. The summed E-state index contributed by atoms with van der Waals surface area (Å²) in [6.45, 7) is 11.1. The number of thiocarbonyl (C=S) groups is 1. The number of halogens is 1. The summed E-state index contributed by atoms with van der Waals surface area (Å²) in [5, 5.41) is 0. The molecule has 0 aliphatic carbocycles. The predicted molar refractivity (Wildman–Crippen MR) is 91.4 cm³/mol. The lowest BCUT2D eigenvalue weighted by molar-refractivity contribution is 0.0975. The monoisotopic (exact) mass is 304 g/mol. The van der Waals surface area contributed by atoms with Gasteiger partial charge in [0.05, 0.1) is 0 Å². The van der Waals surface area contributed by atoms with Gasteiger partial charge in [-0.25, -0.2) is 4.39 Å². The van der Waals surface area contributed by atoms with Gasteiger partial charge in [0.1, 0.15) is 5.82 Å². The summed E-state index contributed by atoms with van der Waals surface area (Å²) in [5.74, 6) is -0.612. The second-order valence-corrected chi connectivity index (χ2v) is 5.95. The van der Waals surface area contributed by atoms with Crippen LogP contribution in [0.5, 0.6) is 0 Å². The standard InChI is InChI=1S/C18H21FOS/c1-6-7-14-8-15(9-17(19)12(14)4)18(20)10-16(11(2)3)13(5)21/h6-9,16H,2,10H2,1,3-5H3/b7-6+. The maximum absolute atomic E-state index is 13.9. The van der Waals surface area contributed by atoms with Gasteiger partial charge in [-0.2, -0.15) is 0 Å². The molecular formula is C18H21FOS. The molecule has 0 bridgehead atoms. The molecule has 1 aromatic rings. The Hall–Kier alpha value is -1.61. The lowest BCUT2D eigenvalue weighted by Gasteiger charge is -2.15. The average molecular weight is 304 g/mol. The highest BCUT2D eigenvalue weighted by atomic mass is 32.1. The molecule has 1 aromatic carbocycles. The van der Waals surface area contributed by atoms with E-state index in [-0.39, 0.29) is 23.9 Å². The van der Waals surface area contributed by atoms with Crippen molar-refractivity contribution in [3.63, 3.8) is 0 Å². The molecule has 0 N–H and O–H groups in total. The van der Waals surface area contributed by atoms with E-state index >= 15 is 0 Å². The van der Waals surface area contributed by atoms with E-state index < -0.39 is 0 Å². The highest BCUT2D eigenvalue weighted by molar-refractivity contribution is 7.80. The maximum atomic E-state index is 13.9. The molecule has 0 radical (unpaired) electrons. The van der Waals surface area contributed by atoms with Crippen molar-refractivity contribution >= 4 is 28.9 Å². The van der Waals surface area contributed by atoms with Crippen LogP contribution in [0.4, 0.5) is 4.39 Å². The van der Waals surface area contributed by atoms with E-state index in [1.165, 1.54) is 6.07 Å². The lowest BCUT2D eigenvalue weighted by Crippen LogP contribution is -2.16. The zero-order chi connectivity index (χ0) is 16.2. The molecule has 0 saturated heterocycles. The van der Waals surface area contributed by atoms with Crippen molar-refractivity contribution in [3.05, 3.63) is 52.9 Å². The van der Waals surface area contributed by atoms with Gasteiger partial charge in [-0.15, -0.1) is 0 Å². The second kappa shape index (κ2) is 7.41. The Balaban J connectivity index is 3.13. The van der Waals surface area contributed by atoms with Gasteiger partial charge in [-0.1, -0.05) is 36.5 Å². The number of benzene rings is 1. The Morgan fingerprint density at radius 3 is 2.52 bits per heavy atom. The number of hydrogen-bond donors (Lipinski definition) is 0. The fourth-order valence-electron chi connectivity index (χ4n) is 2.18. The van der Waals surface area contributed by atoms with E-state index in [4.69, 9.17) is 12.2 Å². The van der Waals surface area contributed by atoms with Crippen LogP contribution in [0.1, 0.15) is 48.7 Å². The lowest BCUT2D eigenvalue weighted by atomic mass is 9.90. The minimum atomic E-state index is -0.361. The number of hydrogen-bond acceptors (Lipinski definition) is 2. The molecule has 0 fully saturated rings. The summed E-state index contributed by atoms with van der Waals surface area (Å²) in [4.78, 5) is 13.1. The molecule has 0 heterocycles. The van der Waals surface area contributed by atoms with Gasteiger partial charge >= 0.3 is 0 Å². The maximum Gasteiger partial charge on any atom is 0.163 e. The summed E-state index contributed by atoms with van der Waals surface area (Å²) >= 11 is 5.18. The van der Waals surface area contributed by atoms with Crippen LogP contribution in [0.25, 0.3) is 6.08 Å². The number of rotatable bonds is 6. The second-order valence-electron chi connectivity index (χ2n) is 5.31. The molecular weight excluding hydrogens is 283 g/mol. The summed E-state index contributed by atoms with van der Waals surface area (Å²) < 4.78 is 13.9. The summed E-state index contributed by atoms with van der Waals surface area (Å²) in [5.41, 5.74) is 2.52.